The fourth-order valence-corrected chi connectivity index (χ4v) is 4.93. The van der Waals surface area contributed by atoms with Gasteiger partial charge in [0.1, 0.15) is 18.0 Å². The van der Waals surface area contributed by atoms with Crippen LogP contribution < -0.4 is 4.74 Å². The average Bonchev–Trinajstić information content (AvgIpc) is 2.73. The van der Waals surface area contributed by atoms with Crippen LogP contribution in [-0.2, 0) is 8.82 Å². The largest absolute Gasteiger partial charge is 0.493 e. The molecule has 6 heteroatoms. The van der Waals surface area contributed by atoms with Crippen molar-refractivity contribution < 1.29 is 19.4 Å². The molecular formula is C21H20O4S2. The third-order valence-electron chi connectivity index (χ3n) is 4.43. The number of hydrogen-bond donors (Lipinski definition) is 1. The van der Waals surface area contributed by atoms with Crippen molar-refractivity contribution in [2.45, 2.75) is 16.6 Å². The van der Waals surface area contributed by atoms with Gasteiger partial charge in [-0.3, -0.25) is 0 Å². The van der Waals surface area contributed by atoms with Crippen LogP contribution in [0.3, 0.4) is 0 Å². The van der Waals surface area contributed by atoms with Crippen LogP contribution in [0.1, 0.15) is 34.0 Å². The Morgan fingerprint density at radius 2 is 1.96 bits per heavy atom. The SMILES string of the molecule is CSC1(SC)CCOc2ccc(C(O)C#COC(=O)c3ccccc3)cc21. The molecule has 0 aromatic heterocycles. The van der Waals surface area contributed by atoms with Crippen LogP contribution in [0.25, 0.3) is 0 Å². The first-order chi connectivity index (χ1) is 13.1. The molecule has 0 radical (unpaired) electrons. The zero-order valence-corrected chi connectivity index (χ0v) is 16.7. The van der Waals surface area contributed by atoms with Crippen LogP contribution in [0.2, 0.25) is 0 Å². The molecule has 0 saturated carbocycles. The Morgan fingerprint density at radius 1 is 1.22 bits per heavy atom. The number of thioether (sulfide) groups is 2. The van der Waals surface area contributed by atoms with Crippen molar-refractivity contribution in [3.8, 4) is 17.8 Å². The summed E-state index contributed by atoms with van der Waals surface area (Å²) in [5, 5.41) is 10.4. The van der Waals surface area contributed by atoms with Crippen molar-refractivity contribution in [1.82, 2.24) is 0 Å². The van der Waals surface area contributed by atoms with Crippen molar-refractivity contribution in [2.75, 3.05) is 19.1 Å². The lowest BCUT2D eigenvalue weighted by atomic mass is 10.00. The van der Waals surface area contributed by atoms with E-state index in [0.717, 1.165) is 17.7 Å². The van der Waals surface area contributed by atoms with Gasteiger partial charge in [0.05, 0.1) is 16.2 Å². The normalized spacial score (nSPS) is 15.5. The highest BCUT2D eigenvalue weighted by Crippen LogP contribution is 2.52. The van der Waals surface area contributed by atoms with Gasteiger partial charge < -0.3 is 14.6 Å². The number of carbonyl (C=O) groups is 1. The van der Waals surface area contributed by atoms with Crippen molar-refractivity contribution in [1.29, 1.82) is 0 Å². The minimum Gasteiger partial charge on any atom is -0.493 e. The second-order valence-corrected chi connectivity index (χ2v) is 8.39. The Labute approximate surface area is 167 Å². The third kappa shape index (κ3) is 4.27. The molecule has 2 aromatic carbocycles. The molecule has 0 spiro atoms. The van der Waals surface area contributed by atoms with Crippen LogP contribution in [0, 0.1) is 12.0 Å². The lowest BCUT2D eigenvalue weighted by Crippen LogP contribution is -2.26. The van der Waals surface area contributed by atoms with E-state index in [1.54, 1.807) is 53.9 Å². The average molecular weight is 401 g/mol. The molecule has 1 heterocycles. The number of fused-ring (bicyclic) bond motifs is 1. The van der Waals surface area contributed by atoms with Gasteiger partial charge in [-0.15, -0.1) is 23.5 Å². The Kier molecular flexibility index (Phi) is 6.38. The molecule has 27 heavy (non-hydrogen) atoms. The molecule has 0 bridgehead atoms. The van der Waals surface area contributed by atoms with Gasteiger partial charge in [-0.2, -0.15) is 0 Å². The summed E-state index contributed by atoms with van der Waals surface area (Å²) in [4.78, 5) is 11.9. The molecule has 0 fully saturated rings. The second-order valence-electron chi connectivity index (χ2n) is 5.92. The molecular weight excluding hydrogens is 380 g/mol. The second kappa shape index (κ2) is 8.75. The van der Waals surface area contributed by atoms with Gasteiger partial charge in [0.15, 0.2) is 0 Å². The Hall–Kier alpha value is -2.07. The topological polar surface area (TPSA) is 55.8 Å². The highest BCUT2D eigenvalue weighted by molar-refractivity contribution is 8.16. The van der Waals surface area contributed by atoms with E-state index in [4.69, 9.17) is 9.47 Å². The van der Waals surface area contributed by atoms with Crippen molar-refractivity contribution in [3.63, 3.8) is 0 Å². The minimum atomic E-state index is -1.05. The maximum absolute atomic E-state index is 11.9. The molecule has 1 aliphatic heterocycles. The molecule has 1 atom stereocenters. The van der Waals surface area contributed by atoms with E-state index in [-0.39, 0.29) is 4.08 Å². The van der Waals surface area contributed by atoms with E-state index in [9.17, 15) is 9.90 Å². The number of aliphatic hydroxyl groups excluding tert-OH is 1. The number of aliphatic hydroxyl groups is 1. The summed E-state index contributed by atoms with van der Waals surface area (Å²) >= 11 is 3.54. The summed E-state index contributed by atoms with van der Waals surface area (Å²) in [6, 6.07) is 14.2. The minimum absolute atomic E-state index is 0.101. The predicted molar refractivity (Wildman–Crippen MR) is 110 cm³/mol. The fourth-order valence-electron chi connectivity index (χ4n) is 2.93. The van der Waals surface area contributed by atoms with E-state index < -0.39 is 12.1 Å². The number of ether oxygens (including phenoxy) is 2. The Morgan fingerprint density at radius 3 is 2.67 bits per heavy atom. The van der Waals surface area contributed by atoms with Crippen molar-refractivity contribution in [3.05, 3.63) is 65.2 Å². The summed E-state index contributed by atoms with van der Waals surface area (Å²) in [6.07, 6.45) is 6.32. The van der Waals surface area contributed by atoms with Crippen LogP contribution >= 0.6 is 23.5 Å². The van der Waals surface area contributed by atoms with Crippen LogP contribution in [0.4, 0.5) is 0 Å². The van der Waals surface area contributed by atoms with Crippen molar-refractivity contribution >= 4 is 29.5 Å². The van der Waals surface area contributed by atoms with Gasteiger partial charge in [-0.05, 0) is 48.3 Å². The number of carbonyl (C=O) groups excluding carboxylic acids is 1. The van der Waals surface area contributed by atoms with Gasteiger partial charge in [0, 0.05) is 12.0 Å². The van der Waals surface area contributed by atoms with Gasteiger partial charge in [0.25, 0.3) is 0 Å². The van der Waals surface area contributed by atoms with E-state index in [2.05, 4.69) is 24.5 Å². The monoisotopic (exact) mass is 400 g/mol. The summed E-state index contributed by atoms with van der Waals surface area (Å²) in [7, 11) is 0. The smallest absolute Gasteiger partial charge is 0.352 e. The Bertz CT molecular complexity index is 867. The van der Waals surface area contributed by atoms with Gasteiger partial charge in [-0.1, -0.05) is 24.3 Å². The molecule has 1 N–H and O–H groups in total. The number of hydrogen-bond acceptors (Lipinski definition) is 6. The van der Waals surface area contributed by atoms with E-state index in [1.807, 2.05) is 18.2 Å². The third-order valence-corrected chi connectivity index (χ3v) is 7.59. The Balaban J connectivity index is 1.77. The standard InChI is InChI=1S/C21H20O4S2/c1-26-21(27-2)11-13-24-19-9-8-16(14-17(19)21)18(22)10-12-25-20(23)15-6-4-3-5-7-15/h3-9,14,18,22H,11,13H2,1-2H3. The molecule has 4 nitrogen and oxygen atoms in total. The number of benzene rings is 2. The molecule has 0 saturated heterocycles. The zero-order chi connectivity index (χ0) is 19.3. The maximum Gasteiger partial charge on any atom is 0.352 e. The summed E-state index contributed by atoms with van der Waals surface area (Å²) in [5.41, 5.74) is 2.11. The molecule has 140 valence electrons. The fraction of sp³-hybridized carbons (Fsp3) is 0.286. The number of esters is 1. The van der Waals surface area contributed by atoms with Gasteiger partial charge >= 0.3 is 5.97 Å². The van der Waals surface area contributed by atoms with Crippen molar-refractivity contribution in [2.24, 2.45) is 0 Å². The lowest BCUT2D eigenvalue weighted by Gasteiger charge is -2.36. The first-order valence-corrected chi connectivity index (χ1v) is 10.9. The first kappa shape index (κ1) is 19.7. The lowest BCUT2D eigenvalue weighted by molar-refractivity contribution is 0.0689. The molecule has 0 aliphatic carbocycles. The summed E-state index contributed by atoms with van der Waals surface area (Å²) in [5.74, 6) is 2.87. The highest BCUT2D eigenvalue weighted by Gasteiger charge is 2.37. The molecule has 1 unspecified atom stereocenters. The van der Waals surface area contributed by atoms with Crippen LogP contribution in [0.15, 0.2) is 48.5 Å². The summed E-state index contributed by atoms with van der Waals surface area (Å²) in [6.45, 7) is 0.672. The van der Waals surface area contributed by atoms with E-state index >= 15 is 0 Å². The van der Waals surface area contributed by atoms with Gasteiger partial charge in [0.2, 0.25) is 0 Å². The quantitative estimate of drug-likeness (QED) is 0.472. The molecule has 0 amide bonds. The molecule has 2 aromatic rings. The first-order valence-electron chi connectivity index (χ1n) is 8.42. The summed E-state index contributed by atoms with van der Waals surface area (Å²) < 4.78 is 10.6. The molecule has 1 aliphatic rings. The van der Waals surface area contributed by atoms with E-state index in [0.29, 0.717) is 17.7 Å². The van der Waals surface area contributed by atoms with Crippen LogP contribution in [0.5, 0.6) is 5.75 Å². The van der Waals surface area contributed by atoms with E-state index in [1.165, 1.54) is 0 Å². The van der Waals surface area contributed by atoms with Crippen LogP contribution in [-0.4, -0.2) is 30.2 Å². The maximum atomic E-state index is 11.9. The highest BCUT2D eigenvalue weighted by atomic mass is 32.2. The van der Waals surface area contributed by atoms with Gasteiger partial charge in [-0.25, -0.2) is 4.79 Å². The number of rotatable bonds is 4. The predicted octanol–water partition coefficient (Wildman–Crippen LogP) is 4.20. The molecule has 3 rings (SSSR count). The zero-order valence-electron chi connectivity index (χ0n) is 15.1.